The fourth-order valence-corrected chi connectivity index (χ4v) is 5.79. The van der Waals surface area contributed by atoms with Gasteiger partial charge < -0.3 is 22.8 Å². The molecule has 0 saturated heterocycles. The first kappa shape index (κ1) is 34.3. The lowest BCUT2D eigenvalue weighted by molar-refractivity contribution is 0.829. The SMILES string of the molecule is C.[2H]c1nc2c(c(=O)[nH]c(=O)n2C([2H])([2H])[2H])n1C.[2H]c1nc2c(c(=O)[nH]c(=O)n2C([2H])([2H])[2H])n1C.[2H]c1nc2c(c(=O)[nH]c(=O)n2C)n1C.[2H]c1nc2c(c(=O)[nH]c(=O)n2C)n1C.[2H]c1nc2c(c(=O)[nH]c(=O)n2C)n1C. The molecule has 0 aromatic carbocycles. The molecule has 5 N–H and O–H groups in total. The van der Waals surface area contributed by atoms with Crippen molar-refractivity contribution >= 4 is 55.8 Å². The Hall–Kier alpha value is -9.25. The first-order chi connectivity index (χ1) is 35.0. The van der Waals surface area contributed by atoms with Gasteiger partial charge in [-0.25, -0.2) is 48.9 Å². The topological polar surface area (TPSA) is 363 Å². The molecule has 0 amide bonds. The van der Waals surface area contributed by atoms with Gasteiger partial charge in [-0.2, -0.15) is 0 Å². The second-order valence-corrected chi connectivity index (χ2v) is 13.4. The van der Waals surface area contributed by atoms with E-state index in [2.05, 4.69) is 39.9 Å². The summed E-state index contributed by atoms with van der Waals surface area (Å²) in [6.07, 6.45) is -0.742. The van der Waals surface area contributed by atoms with Gasteiger partial charge in [0.25, 0.3) is 27.8 Å². The maximum absolute atomic E-state index is 11.5. The molecule has 0 aliphatic carbocycles. The van der Waals surface area contributed by atoms with Crippen molar-refractivity contribution in [1.82, 2.24) is 95.5 Å². The number of aryl methyl sites for hydroxylation is 10. The average Bonchev–Trinajstić information content (AvgIpc) is 4.05. The summed E-state index contributed by atoms with van der Waals surface area (Å²) in [5, 5.41) is 0. The van der Waals surface area contributed by atoms with Crippen molar-refractivity contribution in [1.29, 1.82) is 0 Å². The molecule has 0 saturated carbocycles. The molecule has 10 heterocycles. The van der Waals surface area contributed by atoms with E-state index in [0.717, 1.165) is 9.13 Å². The second-order valence-electron chi connectivity index (χ2n) is 13.4. The van der Waals surface area contributed by atoms with Crippen LogP contribution in [0.5, 0.6) is 0 Å². The van der Waals surface area contributed by atoms with E-state index in [4.69, 9.17) is 15.1 Å². The first-order valence-corrected chi connectivity index (χ1v) is 17.8. The monoisotopic (exact) mass is 927 g/mol. The van der Waals surface area contributed by atoms with Gasteiger partial charge in [0.05, 0.1) is 31.5 Å². The van der Waals surface area contributed by atoms with Crippen LogP contribution in [-0.2, 0) is 70.3 Å². The zero-order chi connectivity index (χ0) is 57.3. The Morgan fingerprint density at radius 3 is 0.697 bits per heavy atom. The Bertz CT molecular complexity index is 4250. The Labute approximate surface area is 380 Å². The smallest absolute Gasteiger partial charge is 0.328 e. The molecule has 10 aromatic rings. The predicted molar refractivity (Wildman–Crippen MR) is 240 cm³/mol. The molecule has 0 aliphatic heterocycles. The standard InChI is InChI=1S/5C7H8N4O2.CH4/c5*1-10-3-8-5-4(10)6(12)9-7(13)11(5)2;/h5*3H,1-2H3,(H,9,12,13);1H4/i2*2D3,3D;3*3D;. The van der Waals surface area contributed by atoms with Gasteiger partial charge in [0.1, 0.15) is 6.85 Å². The number of rotatable bonds is 0. The van der Waals surface area contributed by atoms with Crippen molar-refractivity contribution < 1.29 is 15.1 Å². The summed E-state index contributed by atoms with van der Waals surface area (Å²) in [5.74, 6) is 0. The summed E-state index contributed by atoms with van der Waals surface area (Å²) in [4.78, 5) is 142. The normalized spacial score (nSPS) is 13.5. The van der Waals surface area contributed by atoms with Crippen LogP contribution in [0.25, 0.3) is 55.8 Å². The average molecular weight is 928 g/mol. The number of hydrogen-bond acceptors (Lipinski definition) is 15. The highest BCUT2D eigenvalue weighted by Gasteiger charge is 2.12. The van der Waals surface area contributed by atoms with E-state index >= 15 is 0 Å². The summed E-state index contributed by atoms with van der Waals surface area (Å²) in [7, 11) is 11.9. The molecule has 0 bridgehead atoms. The highest BCUT2D eigenvalue weighted by molar-refractivity contribution is 5.72. The largest absolute Gasteiger partial charge is 0.329 e. The lowest BCUT2D eigenvalue weighted by Crippen LogP contribution is -2.28. The number of aromatic nitrogens is 20. The van der Waals surface area contributed by atoms with Gasteiger partial charge in [-0.3, -0.25) is 71.7 Å². The van der Waals surface area contributed by atoms with Crippen molar-refractivity contribution in [3.8, 4) is 0 Å². The molecular weight excluding hydrogens is 873 g/mol. The minimum atomic E-state index is -2.76. The zero-order valence-corrected chi connectivity index (χ0v) is 34.8. The van der Waals surface area contributed by atoms with Crippen molar-refractivity contribution in [2.75, 3.05) is 0 Å². The maximum Gasteiger partial charge on any atom is 0.329 e. The Morgan fingerprint density at radius 2 is 0.515 bits per heavy atom. The van der Waals surface area contributed by atoms with Crippen molar-refractivity contribution in [3.63, 3.8) is 0 Å². The first-order valence-electron chi connectivity index (χ1n) is 23.3. The van der Waals surface area contributed by atoms with Crippen LogP contribution in [-0.4, -0.2) is 95.5 Å². The van der Waals surface area contributed by atoms with Gasteiger partial charge in [0.2, 0.25) is 0 Å². The van der Waals surface area contributed by atoms with E-state index in [1.807, 2.05) is 9.97 Å². The number of fused-ring (bicyclic) bond motifs is 5. The van der Waals surface area contributed by atoms with Crippen LogP contribution in [0.2, 0.25) is 0 Å². The number of nitrogens with one attached hydrogen (secondary N) is 5. The highest BCUT2D eigenvalue weighted by Crippen LogP contribution is 2.04. The fraction of sp³-hybridized carbons (Fsp3) is 0.306. The van der Waals surface area contributed by atoms with Crippen LogP contribution in [0.1, 0.15) is 22.5 Å². The summed E-state index contributed by atoms with van der Waals surface area (Å²) in [5.41, 5.74) is -6.28. The summed E-state index contributed by atoms with van der Waals surface area (Å²) < 4.78 is 90.9. The molecular formula is C36H44N20O10. The fourth-order valence-electron chi connectivity index (χ4n) is 5.79. The van der Waals surface area contributed by atoms with E-state index in [1.54, 1.807) is 21.1 Å². The minimum Gasteiger partial charge on any atom is -0.328 e. The highest BCUT2D eigenvalue weighted by atomic mass is 16.2. The molecule has 10 aromatic heterocycles. The van der Waals surface area contributed by atoms with Crippen LogP contribution in [0.3, 0.4) is 0 Å². The Morgan fingerprint density at radius 1 is 0.348 bits per heavy atom. The third-order valence-electron chi connectivity index (χ3n) is 9.14. The summed E-state index contributed by atoms with van der Waals surface area (Å²) in [6, 6.07) is 0. The van der Waals surface area contributed by atoms with Crippen LogP contribution >= 0.6 is 0 Å². The van der Waals surface area contributed by atoms with Gasteiger partial charge in [0, 0.05) is 78.6 Å². The number of H-pyrrole nitrogens is 5. The van der Waals surface area contributed by atoms with Crippen molar-refractivity contribution in [2.24, 2.45) is 70.3 Å². The summed E-state index contributed by atoms with van der Waals surface area (Å²) >= 11 is 0. The van der Waals surface area contributed by atoms with Crippen LogP contribution in [0.4, 0.5) is 0 Å². The van der Waals surface area contributed by atoms with E-state index in [0.29, 0.717) is 9.13 Å². The van der Waals surface area contributed by atoms with Gasteiger partial charge in [-0.15, -0.1) is 0 Å². The van der Waals surface area contributed by atoms with Crippen molar-refractivity contribution in [3.05, 3.63) is 136 Å². The molecule has 0 radical (unpaired) electrons. The van der Waals surface area contributed by atoms with Crippen molar-refractivity contribution in [2.45, 2.75) is 7.43 Å². The third-order valence-corrected chi connectivity index (χ3v) is 9.14. The molecule has 66 heavy (non-hydrogen) atoms. The van der Waals surface area contributed by atoms with Gasteiger partial charge in [0.15, 0.2) is 55.8 Å². The van der Waals surface area contributed by atoms with Gasteiger partial charge >= 0.3 is 28.4 Å². The third kappa shape index (κ3) is 8.58. The van der Waals surface area contributed by atoms with Crippen LogP contribution < -0.4 is 56.2 Å². The minimum absolute atomic E-state index is 0. The predicted octanol–water partition coefficient (Wildman–Crippen LogP) is -4.56. The zero-order valence-electron chi connectivity index (χ0n) is 45.8. The lowest BCUT2D eigenvalue weighted by Gasteiger charge is -1.97. The summed E-state index contributed by atoms with van der Waals surface area (Å²) in [6.45, 7) is -5.53. The molecule has 0 atom stereocenters. The van der Waals surface area contributed by atoms with E-state index < -0.39 is 70.2 Å². The van der Waals surface area contributed by atoms with E-state index in [9.17, 15) is 47.9 Å². The van der Waals surface area contributed by atoms with Crippen LogP contribution in [0, 0.1) is 0 Å². The molecule has 0 aliphatic rings. The second kappa shape index (κ2) is 18.2. The number of imidazole rings is 5. The molecule has 348 valence electrons. The van der Waals surface area contributed by atoms with E-state index in [1.165, 1.54) is 62.6 Å². The number of aromatic amines is 5. The molecule has 30 heteroatoms. The number of hydrogen-bond donors (Lipinski definition) is 5. The Kier molecular flexibility index (Phi) is 9.46. The molecule has 30 nitrogen and oxygen atoms in total. The van der Waals surface area contributed by atoms with E-state index in [-0.39, 0.29) is 94.8 Å². The van der Waals surface area contributed by atoms with Crippen LogP contribution in [0.15, 0.2) is 79.5 Å². The molecule has 0 fully saturated rings. The maximum atomic E-state index is 11.5. The molecule has 0 unspecified atom stereocenters. The number of nitrogens with zero attached hydrogens (tertiary/aromatic N) is 15. The molecule has 0 spiro atoms. The quantitative estimate of drug-likeness (QED) is 0.0956. The molecule has 10 rings (SSSR count). The van der Waals surface area contributed by atoms with Gasteiger partial charge in [-0.05, 0) is 0 Å². The lowest BCUT2D eigenvalue weighted by atomic mass is 10.5. The Balaban J connectivity index is 0.000000177. The van der Waals surface area contributed by atoms with Gasteiger partial charge in [-0.1, -0.05) is 7.43 Å².